The number of hydrogen-bond acceptors (Lipinski definition) is 4. The smallest absolute Gasteiger partial charge is 0.328 e. The Balaban J connectivity index is 0.000000172. The third-order valence-electron chi connectivity index (χ3n) is 1.64. The van der Waals surface area contributed by atoms with Gasteiger partial charge in [-0.25, -0.2) is 9.59 Å². The molecule has 1 heterocycles. The molecule has 0 bridgehead atoms. The lowest BCUT2D eigenvalue weighted by Crippen LogP contribution is -1.91. The van der Waals surface area contributed by atoms with Crippen molar-refractivity contribution in [1.82, 2.24) is 5.16 Å². The van der Waals surface area contributed by atoms with Crippen molar-refractivity contribution in [2.24, 2.45) is 0 Å². The molecule has 0 aliphatic heterocycles. The van der Waals surface area contributed by atoms with Crippen molar-refractivity contribution in [1.29, 1.82) is 0 Å². The van der Waals surface area contributed by atoms with E-state index in [4.69, 9.17) is 14.7 Å². The van der Waals surface area contributed by atoms with Crippen molar-refractivity contribution in [2.75, 3.05) is 0 Å². The van der Waals surface area contributed by atoms with Crippen LogP contribution >= 0.6 is 0 Å². The standard InChI is InChI=1S/C7H5NO.C4H4O4/c1-2-4-7-6(3-1)5-9-8-7;5-3(6)1-2-4(7)8/h1-5H;1-2H,(H,5,6)(H,7,8)/b;2-1-. The number of carbonyl (C=O) groups is 2. The van der Waals surface area contributed by atoms with Crippen LogP contribution in [-0.4, -0.2) is 27.3 Å². The summed E-state index contributed by atoms with van der Waals surface area (Å²) in [5.74, 6) is -2.51. The zero-order valence-corrected chi connectivity index (χ0v) is 8.61. The topological polar surface area (TPSA) is 101 Å². The fraction of sp³-hybridized carbons (Fsp3) is 0. The van der Waals surface area contributed by atoms with Crippen molar-refractivity contribution in [2.45, 2.75) is 0 Å². The molecule has 1 aromatic heterocycles. The van der Waals surface area contributed by atoms with Gasteiger partial charge >= 0.3 is 11.9 Å². The van der Waals surface area contributed by atoms with Crippen LogP contribution in [0.3, 0.4) is 0 Å². The predicted molar refractivity (Wildman–Crippen MR) is 58.4 cm³/mol. The molecule has 17 heavy (non-hydrogen) atoms. The first kappa shape index (κ1) is 12.4. The molecule has 2 rings (SSSR count). The fourth-order valence-corrected chi connectivity index (χ4v) is 0.953. The summed E-state index contributed by atoms with van der Waals surface area (Å²) in [6.07, 6.45) is 2.75. The van der Waals surface area contributed by atoms with Gasteiger partial charge in [0.2, 0.25) is 0 Å². The van der Waals surface area contributed by atoms with E-state index in [0.717, 1.165) is 10.9 Å². The Labute approximate surface area is 95.8 Å². The van der Waals surface area contributed by atoms with Gasteiger partial charge in [-0.1, -0.05) is 17.3 Å². The maximum Gasteiger partial charge on any atom is 0.328 e. The summed E-state index contributed by atoms with van der Waals surface area (Å²) in [5.41, 5.74) is 0.914. The van der Waals surface area contributed by atoms with E-state index in [1.54, 1.807) is 6.26 Å². The molecule has 0 saturated heterocycles. The van der Waals surface area contributed by atoms with E-state index < -0.39 is 11.9 Å². The van der Waals surface area contributed by atoms with Gasteiger partial charge in [0.1, 0.15) is 11.8 Å². The number of carboxylic acid groups (broad SMARTS) is 2. The lowest BCUT2D eigenvalue weighted by Gasteiger charge is -1.78. The number of aromatic nitrogens is 1. The Morgan fingerprint density at radius 2 is 1.71 bits per heavy atom. The van der Waals surface area contributed by atoms with E-state index in [1.807, 2.05) is 24.3 Å². The van der Waals surface area contributed by atoms with Crippen LogP contribution < -0.4 is 0 Å². The largest absolute Gasteiger partial charge is 0.478 e. The summed E-state index contributed by atoms with van der Waals surface area (Å²) >= 11 is 0. The van der Waals surface area contributed by atoms with Crippen molar-refractivity contribution in [3.63, 3.8) is 0 Å². The van der Waals surface area contributed by atoms with E-state index in [1.165, 1.54) is 0 Å². The van der Waals surface area contributed by atoms with E-state index in [-0.39, 0.29) is 0 Å². The van der Waals surface area contributed by atoms with Gasteiger partial charge in [-0.2, -0.15) is 0 Å². The molecule has 88 valence electrons. The van der Waals surface area contributed by atoms with Gasteiger partial charge in [0, 0.05) is 17.5 Å². The summed E-state index contributed by atoms with van der Waals surface area (Å²) in [6.45, 7) is 0. The molecule has 0 atom stereocenters. The van der Waals surface area contributed by atoms with Crippen LogP contribution in [0.5, 0.6) is 0 Å². The first-order chi connectivity index (χ1) is 8.09. The predicted octanol–water partition coefficient (Wildman–Crippen LogP) is 1.54. The number of hydrogen-bond donors (Lipinski definition) is 2. The SMILES string of the molecule is O=C(O)/C=C\C(=O)O.c1ccc2nocc2c1. The summed E-state index contributed by atoms with van der Waals surface area (Å²) < 4.78 is 4.71. The van der Waals surface area contributed by atoms with Crippen LogP contribution in [0.25, 0.3) is 10.9 Å². The Kier molecular flexibility index (Phi) is 4.44. The number of aliphatic carboxylic acids is 2. The van der Waals surface area contributed by atoms with Crippen molar-refractivity contribution in [3.8, 4) is 0 Å². The molecule has 2 N–H and O–H groups in total. The van der Waals surface area contributed by atoms with E-state index in [0.29, 0.717) is 12.2 Å². The second kappa shape index (κ2) is 6.06. The first-order valence-electron chi connectivity index (χ1n) is 4.52. The van der Waals surface area contributed by atoms with Gasteiger partial charge in [-0.05, 0) is 12.1 Å². The molecule has 6 nitrogen and oxygen atoms in total. The van der Waals surface area contributed by atoms with E-state index in [2.05, 4.69) is 5.16 Å². The number of carboxylic acids is 2. The molecule has 2 aromatic rings. The van der Waals surface area contributed by atoms with Crippen LogP contribution in [0.15, 0.2) is 47.2 Å². The van der Waals surface area contributed by atoms with Gasteiger partial charge in [0.15, 0.2) is 0 Å². The molecule has 0 radical (unpaired) electrons. The molecule has 0 amide bonds. The summed E-state index contributed by atoms with van der Waals surface area (Å²) in [7, 11) is 0. The maximum atomic E-state index is 9.55. The van der Waals surface area contributed by atoms with Crippen molar-refractivity contribution in [3.05, 3.63) is 42.7 Å². The van der Waals surface area contributed by atoms with Gasteiger partial charge in [-0.3, -0.25) is 0 Å². The highest BCUT2D eigenvalue weighted by Crippen LogP contribution is 2.09. The first-order valence-corrected chi connectivity index (χ1v) is 4.52. The minimum atomic E-state index is -1.26. The number of fused-ring (bicyclic) bond motifs is 1. The van der Waals surface area contributed by atoms with Crippen LogP contribution in [0.2, 0.25) is 0 Å². The zero-order chi connectivity index (χ0) is 12.7. The Bertz CT molecular complexity index is 497. The molecule has 0 aliphatic rings. The van der Waals surface area contributed by atoms with E-state index in [9.17, 15) is 9.59 Å². The molecule has 1 aromatic carbocycles. The van der Waals surface area contributed by atoms with Gasteiger partial charge < -0.3 is 14.7 Å². The van der Waals surface area contributed by atoms with Crippen molar-refractivity contribution < 1.29 is 24.3 Å². The van der Waals surface area contributed by atoms with Crippen molar-refractivity contribution >= 4 is 22.8 Å². The highest BCUT2D eigenvalue weighted by molar-refractivity contribution is 5.89. The number of nitrogens with zero attached hydrogens (tertiary/aromatic N) is 1. The molecule has 0 unspecified atom stereocenters. The van der Waals surface area contributed by atoms with Crippen LogP contribution in [0, 0.1) is 0 Å². The molecule has 0 saturated carbocycles. The van der Waals surface area contributed by atoms with Gasteiger partial charge in [-0.15, -0.1) is 0 Å². The lowest BCUT2D eigenvalue weighted by molar-refractivity contribution is -0.134. The quantitative estimate of drug-likeness (QED) is 0.765. The molecule has 0 fully saturated rings. The second-order valence-electron chi connectivity index (χ2n) is 2.88. The number of rotatable bonds is 2. The highest BCUT2D eigenvalue weighted by Gasteiger charge is 1.91. The second-order valence-corrected chi connectivity index (χ2v) is 2.88. The van der Waals surface area contributed by atoms with Crippen LogP contribution in [-0.2, 0) is 9.59 Å². The Hall–Kier alpha value is -2.63. The third kappa shape index (κ3) is 4.61. The molecule has 6 heteroatoms. The van der Waals surface area contributed by atoms with Crippen LogP contribution in [0.1, 0.15) is 0 Å². The van der Waals surface area contributed by atoms with Gasteiger partial charge in [0.05, 0.1) is 0 Å². The fourth-order valence-electron chi connectivity index (χ4n) is 0.953. The average molecular weight is 235 g/mol. The lowest BCUT2D eigenvalue weighted by atomic mass is 10.3. The number of benzene rings is 1. The Morgan fingerprint density at radius 1 is 1.12 bits per heavy atom. The zero-order valence-electron chi connectivity index (χ0n) is 8.61. The molecular weight excluding hydrogens is 226 g/mol. The monoisotopic (exact) mass is 235 g/mol. The van der Waals surface area contributed by atoms with Gasteiger partial charge in [0.25, 0.3) is 0 Å². The van der Waals surface area contributed by atoms with Crippen LogP contribution in [0.4, 0.5) is 0 Å². The normalized spacial score (nSPS) is 9.88. The summed E-state index contributed by atoms with van der Waals surface area (Å²) in [4.78, 5) is 19.1. The van der Waals surface area contributed by atoms with E-state index >= 15 is 0 Å². The maximum absolute atomic E-state index is 9.55. The minimum absolute atomic E-state index is 0.558. The Morgan fingerprint density at radius 3 is 2.24 bits per heavy atom. The molecule has 0 spiro atoms. The molecule has 0 aliphatic carbocycles. The third-order valence-corrected chi connectivity index (χ3v) is 1.64. The highest BCUT2D eigenvalue weighted by atomic mass is 16.5. The molecular formula is C11H9NO5. The summed E-state index contributed by atoms with van der Waals surface area (Å²) in [5, 5.41) is 20.4. The summed E-state index contributed by atoms with van der Waals surface area (Å²) in [6, 6.07) is 7.77. The minimum Gasteiger partial charge on any atom is -0.478 e. The average Bonchev–Trinajstić information content (AvgIpc) is 2.75.